The first kappa shape index (κ1) is 21.4. The highest BCUT2D eigenvalue weighted by Crippen LogP contribution is 2.36. The van der Waals surface area contributed by atoms with Crippen LogP contribution in [0.1, 0.15) is 35.1 Å². The molecule has 166 valence electrons. The number of nitrogens with one attached hydrogen (secondary N) is 1. The zero-order chi connectivity index (χ0) is 22.5. The second-order valence-corrected chi connectivity index (χ2v) is 12.2. The Morgan fingerprint density at radius 2 is 1.75 bits per heavy atom. The summed E-state index contributed by atoms with van der Waals surface area (Å²) >= 11 is 3.03. The van der Waals surface area contributed by atoms with E-state index in [0.29, 0.717) is 29.7 Å². The summed E-state index contributed by atoms with van der Waals surface area (Å²) < 4.78 is 29.5. The number of aromatic nitrogens is 2. The molecule has 0 saturated carbocycles. The number of aryl methyl sites for hydroxylation is 1. The van der Waals surface area contributed by atoms with Crippen LogP contribution < -0.4 is 5.32 Å². The molecule has 0 spiro atoms. The van der Waals surface area contributed by atoms with Gasteiger partial charge in [0.2, 0.25) is 10.0 Å². The van der Waals surface area contributed by atoms with Crippen LogP contribution in [0.25, 0.3) is 20.4 Å². The SMILES string of the molecule is Cc1nc2ccc3nc(NC(=O)c4ccc(S(=O)(=O)N5CCC[C@H](C)C5)cc4)sc3c2s1. The van der Waals surface area contributed by atoms with E-state index in [-0.39, 0.29) is 10.8 Å². The molecular weight excluding hydrogens is 464 g/mol. The van der Waals surface area contributed by atoms with Gasteiger partial charge in [-0.1, -0.05) is 18.3 Å². The lowest BCUT2D eigenvalue weighted by atomic mass is 10.0. The quantitative estimate of drug-likeness (QED) is 0.443. The molecule has 2 aromatic carbocycles. The number of carbonyl (C=O) groups excluding carboxylic acids is 1. The molecule has 1 aliphatic heterocycles. The van der Waals surface area contributed by atoms with Crippen molar-refractivity contribution in [3.8, 4) is 0 Å². The van der Waals surface area contributed by atoms with Crippen molar-refractivity contribution < 1.29 is 13.2 Å². The number of hydrogen-bond acceptors (Lipinski definition) is 7. The lowest BCUT2D eigenvalue weighted by Crippen LogP contribution is -2.39. The van der Waals surface area contributed by atoms with Gasteiger partial charge in [-0.25, -0.2) is 18.4 Å². The predicted octanol–water partition coefficient (Wildman–Crippen LogP) is 4.89. The summed E-state index contributed by atoms with van der Waals surface area (Å²) in [5.74, 6) is 0.0313. The van der Waals surface area contributed by atoms with Crippen molar-refractivity contribution in [2.75, 3.05) is 18.4 Å². The molecule has 1 N–H and O–H groups in total. The minimum atomic E-state index is -3.55. The van der Waals surface area contributed by atoms with Crippen molar-refractivity contribution in [2.45, 2.75) is 31.6 Å². The first-order valence-electron chi connectivity index (χ1n) is 10.4. The number of hydrogen-bond donors (Lipinski definition) is 1. The Morgan fingerprint density at radius 3 is 2.47 bits per heavy atom. The summed E-state index contributed by atoms with van der Waals surface area (Å²) in [5, 5.41) is 4.33. The molecule has 1 fully saturated rings. The van der Waals surface area contributed by atoms with Crippen molar-refractivity contribution in [1.82, 2.24) is 14.3 Å². The summed E-state index contributed by atoms with van der Waals surface area (Å²) in [4.78, 5) is 22.0. The van der Waals surface area contributed by atoms with Crippen molar-refractivity contribution in [3.63, 3.8) is 0 Å². The number of amides is 1. The average Bonchev–Trinajstić information content (AvgIpc) is 3.35. The van der Waals surface area contributed by atoms with Crippen molar-refractivity contribution in [3.05, 3.63) is 47.0 Å². The fourth-order valence-corrected chi connectivity index (χ4v) is 7.60. The molecule has 7 nitrogen and oxygen atoms in total. The first-order valence-corrected chi connectivity index (χ1v) is 13.5. The number of nitrogens with zero attached hydrogens (tertiary/aromatic N) is 3. The van der Waals surface area contributed by atoms with Crippen LogP contribution in [-0.4, -0.2) is 41.7 Å². The Kier molecular flexibility index (Phi) is 5.48. The van der Waals surface area contributed by atoms with E-state index >= 15 is 0 Å². The van der Waals surface area contributed by atoms with Gasteiger partial charge in [-0.15, -0.1) is 11.3 Å². The summed E-state index contributed by atoms with van der Waals surface area (Å²) in [7, 11) is -3.55. The maximum Gasteiger partial charge on any atom is 0.257 e. The Hall–Kier alpha value is -2.40. The van der Waals surface area contributed by atoms with E-state index in [2.05, 4.69) is 22.2 Å². The van der Waals surface area contributed by atoms with Crippen molar-refractivity contribution in [1.29, 1.82) is 0 Å². The minimum absolute atomic E-state index is 0.214. The topological polar surface area (TPSA) is 92.3 Å². The molecule has 1 amide bonds. The van der Waals surface area contributed by atoms with Crippen LogP contribution in [0, 0.1) is 12.8 Å². The lowest BCUT2D eigenvalue weighted by Gasteiger charge is -2.30. The van der Waals surface area contributed by atoms with Gasteiger partial charge in [0.1, 0.15) is 0 Å². The number of thiazole rings is 2. The third-order valence-electron chi connectivity index (χ3n) is 5.61. The van der Waals surface area contributed by atoms with Crippen LogP contribution in [0.2, 0.25) is 0 Å². The van der Waals surface area contributed by atoms with Crippen LogP contribution in [0.5, 0.6) is 0 Å². The first-order chi connectivity index (χ1) is 15.3. The maximum atomic E-state index is 12.9. The number of rotatable bonds is 4. The fourth-order valence-electron chi connectivity index (χ4n) is 4.00. The molecule has 1 atom stereocenters. The number of carbonyl (C=O) groups is 1. The van der Waals surface area contributed by atoms with Crippen LogP contribution in [-0.2, 0) is 10.0 Å². The van der Waals surface area contributed by atoms with Gasteiger partial charge >= 0.3 is 0 Å². The van der Waals surface area contributed by atoms with E-state index in [1.807, 2.05) is 19.1 Å². The summed E-state index contributed by atoms with van der Waals surface area (Å²) in [6.45, 7) is 5.11. The number of anilines is 1. The highest BCUT2D eigenvalue weighted by Gasteiger charge is 2.28. The van der Waals surface area contributed by atoms with Crippen LogP contribution in [0.4, 0.5) is 5.13 Å². The fraction of sp³-hybridized carbons (Fsp3) is 0.318. The van der Waals surface area contributed by atoms with E-state index in [9.17, 15) is 13.2 Å². The maximum absolute atomic E-state index is 12.9. The molecule has 5 rings (SSSR count). The Bertz CT molecular complexity index is 1420. The molecule has 1 aliphatic rings. The highest BCUT2D eigenvalue weighted by atomic mass is 32.2. The molecule has 4 aromatic rings. The standard InChI is InChI=1S/C22H22N4O3S3/c1-13-4-3-11-26(12-13)32(28,29)16-7-5-15(6-8-16)21(27)25-22-24-18-10-9-17-19(20(18)31-22)30-14(2)23-17/h5-10,13H,3-4,11-12H2,1-2H3,(H,24,25,27)/t13-/m0/s1. The molecule has 10 heteroatoms. The van der Waals surface area contributed by atoms with Gasteiger partial charge in [-0.05, 0) is 62.1 Å². The molecule has 2 aromatic heterocycles. The van der Waals surface area contributed by atoms with Gasteiger partial charge < -0.3 is 0 Å². The van der Waals surface area contributed by atoms with E-state index < -0.39 is 10.0 Å². The van der Waals surface area contributed by atoms with Gasteiger partial charge in [0.15, 0.2) is 5.13 Å². The minimum Gasteiger partial charge on any atom is -0.298 e. The Labute approximate surface area is 194 Å². The Morgan fingerprint density at radius 1 is 1.06 bits per heavy atom. The van der Waals surface area contributed by atoms with Crippen LogP contribution in [0.15, 0.2) is 41.3 Å². The highest BCUT2D eigenvalue weighted by molar-refractivity contribution is 7.89. The third-order valence-corrected chi connectivity index (χ3v) is 9.63. The predicted molar refractivity (Wildman–Crippen MR) is 129 cm³/mol. The summed E-state index contributed by atoms with van der Waals surface area (Å²) in [5.41, 5.74) is 2.13. The molecule has 3 heterocycles. The third kappa shape index (κ3) is 3.92. The van der Waals surface area contributed by atoms with Crippen molar-refractivity contribution >= 4 is 64.2 Å². The van der Waals surface area contributed by atoms with Crippen LogP contribution in [0.3, 0.4) is 0 Å². The Balaban J connectivity index is 1.35. The molecule has 32 heavy (non-hydrogen) atoms. The zero-order valence-electron chi connectivity index (χ0n) is 17.7. The number of piperidine rings is 1. The molecule has 0 aliphatic carbocycles. The summed E-state index contributed by atoms with van der Waals surface area (Å²) in [6.07, 6.45) is 1.92. The zero-order valence-corrected chi connectivity index (χ0v) is 20.1. The van der Waals surface area contributed by atoms with E-state index in [4.69, 9.17) is 0 Å². The lowest BCUT2D eigenvalue weighted by molar-refractivity contribution is 0.102. The normalized spacial score (nSPS) is 17.8. The largest absolute Gasteiger partial charge is 0.298 e. The van der Waals surface area contributed by atoms with E-state index in [0.717, 1.165) is 38.3 Å². The van der Waals surface area contributed by atoms with Gasteiger partial charge in [-0.3, -0.25) is 10.1 Å². The molecule has 1 saturated heterocycles. The second kappa shape index (κ2) is 8.18. The van der Waals surface area contributed by atoms with E-state index in [1.54, 1.807) is 27.8 Å². The number of benzene rings is 2. The molecule has 0 radical (unpaired) electrons. The van der Waals surface area contributed by atoms with Gasteiger partial charge in [-0.2, -0.15) is 4.31 Å². The van der Waals surface area contributed by atoms with E-state index in [1.165, 1.54) is 23.5 Å². The van der Waals surface area contributed by atoms with Gasteiger partial charge in [0.05, 0.1) is 30.3 Å². The smallest absolute Gasteiger partial charge is 0.257 e. The monoisotopic (exact) mass is 486 g/mol. The summed E-state index contributed by atoms with van der Waals surface area (Å²) in [6, 6.07) is 9.96. The molecular formula is C22H22N4O3S3. The van der Waals surface area contributed by atoms with Crippen LogP contribution >= 0.6 is 22.7 Å². The van der Waals surface area contributed by atoms with Gasteiger partial charge in [0, 0.05) is 18.7 Å². The van der Waals surface area contributed by atoms with Crippen molar-refractivity contribution in [2.24, 2.45) is 5.92 Å². The second-order valence-electron chi connectivity index (χ2n) is 8.10. The van der Waals surface area contributed by atoms with Gasteiger partial charge in [0.25, 0.3) is 5.91 Å². The number of sulfonamides is 1. The average molecular weight is 487 g/mol. The number of fused-ring (bicyclic) bond motifs is 3. The molecule has 0 bridgehead atoms. The molecule has 0 unspecified atom stereocenters.